The molecule has 1 fully saturated rings. The van der Waals surface area contributed by atoms with Gasteiger partial charge in [0.15, 0.2) is 0 Å². The van der Waals surface area contributed by atoms with Crippen molar-refractivity contribution in [1.29, 1.82) is 0 Å². The number of methoxy groups -OCH3 is 1. The fourth-order valence-electron chi connectivity index (χ4n) is 2.69. The molecule has 3 rings (SSSR count). The average Bonchev–Trinajstić information content (AvgIpc) is 2.99. The van der Waals surface area contributed by atoms with Gasteiger partial charge in [-0.3, -0.25) is 0 Å². The molecule has 1 saturated heterocycles. The van der Waals surface area contributed by atoms with Gasteiger partial charge in [-0.1, -0.05) is 0 Å². The van der Waals surface area contributed by atoms with E-state index in [9.17, 15) is 0 Å². The molecule has 2 aromatic rings. The molecule has 1 aromatic carbocycles. The quantitative estimate of drug-likeness (QED) is 0.913. The number of nitrogens with one attached hydrogen (secondary N) is 1. The van der Waals surface area contributed by atoms with Crippen LogP contribution >= 0.6 is 0 Å². The van der Waals surface area contributed by atoms with Crippen LogP contribution in [0.2, 0.25) is 0 Å². The predicted molar refractivity (Wildman–Crippen MR) is 78.0 cm³/mol. The van der Waals surface area contributed by atoms with E-state index >= 15 is 0 Å². The summed E-state index contributed by atoms with van der Waals surface area (Å²) in [6.07, 6.45) is 3.04. The van der Waals surface area contributed by atoms with E-state index in [1.54, 1.807) is 7.11 Å². The highest BCUT2D eigenvalue weighted by Crippen LogP contribution is 2.28. The fourth-order valence-corrected chi connectivity index (χ4v) is 2.69. The molecule has 1 aromatic heterocycles. The Kier molecular flexibility index (Phi) is 3.25. The molecular weight excluding hydrogens is 238 g/mol. The molecule has 2 heterocycles. The van der Waals surface area contributed by atoms with Crippen LogP contribution in [-0.4, -0.2) is 38.3 Å². The Morgan fingerprint density at radius 2 is 2.26 bits per heavy atom. The van der Waals surface area contributed by atoms with E-state index in [0.29, 0.717) is 6.04 Å². The van der Waals surface area contributed by atoms with Crippen LogP contribution in [0.1, 0.15) is 6.42 Å². The topological polar surface area (TPSA) is 37.4 Å². The first-order chi connectivity index (χ1) is 9.29. The normalized spacial score (nSPS) is 18.7. The summed E-state index contributed by atoms with van der Waals surface area (Å²) in [5, 5.41) is 5.75. The molecule has 0 saturated carbocycles. The number of ether oxygens (including phenoxy) is 1. The lowest BCUT2D eigenvalue weighted by atomic mass is 10.1. The van der Waals surface area contributed by atoms with Crippen LogP contribution in [0.4, 0.5) is 5.82 Å². The van der Waals surface area contributed by atoms with Crippen LogP contribution in [-0.2, 0) is 0 Å². The van der Waals surface area contributed by atoms with Gasteiger partial charge in [0, 0.05) is 31.2 Å². The predicted octanol–water partition coefficient (Wildman–Crippen LogP) is 2.04. The zero-order valence-corrected chi connectivity index (χ0v) is 11.4. The van der Waals surface area contributed by atoms with Gasteiger partial charge in [0.1, 0.15) is 11.6 Å². The monoisotopic (exact) mass is 257 g/mol. The van der Waals surface area contributed by atoms with E-state index < -0.39 is 0 Å². The molecule has 4 heteroatoms. The number of nitrogens with zero attached hydrogens (tertiary/aromatic N) is 2. The Morgan fingerprint density at radius 3 is 3.00 bits per heavy atom. The SMILES string of the molecule is COc1ccc2c(N(C)C3CCNC3)nccc2c1. The summed E-state index contributed by atoms with van der Waals surface area (Å²) in [5.41, 5.74) is 0. The lowest BCUT2D eigenvalue weighted by Gasteiger charge is -2.26. The Morgan fingerprint density at radius 1 is 1.37 bits per heavy atom. The average molecular weight is 257 g/mol. The molecule has 0 amide bonds. The summed E-state index contributed by atoms with van der Waals surface area (Å²) in [5.74, 6) is 1.93. The van der Waals surface area contributed by atoms with Gasteiger partial charge in [0.2, 0.25) is 0 Å². The van der Waals surface area contributed by atoms with E-state index in [1.807, 2.05) is 18.3 Å². The van der Waals surface area contributed by atoms with Crippen molar-refractivity contribution in [1.82, 2.24) is 10.3 Å². The molecule has 1 unspecified atom stereocenters. The smallest absolute Gasteiger partial charge is 0.136 e. The molecule has 1 aliphatic rings. The van der Waals surface area contributed by atoms with Crippen molar-refractivity contribution in [3.05, 3.63) is 30.5 Å². The van der Waals surface area contributed by atoms with Crippen LogP contribution in [0.5, 0.6) is 5.75 Å². The summed E-state index contributed by atoms with van der Waals surface area (Å²) in [4.78, 5) is 6.85. The van der Waals surface area contributed by atoms with Crippen LogP contribution in [0, 0.1) is 0 Å². The number of pyridine rings is 1. The summed E-state index contributed by atoms with van der Waals surface area (Å²) in [6.45, 7) is 2.12. The molecular formula is C15H19N3O. The van der Waals surface area contributed by atoms with Crippen LogP contribution in [0.25, 0.3) is 10.8 Å². The number of fused-ring (bicyclic) bond motifs is 1. The van der Waals surface area contributed by atoms with Gasteiger partial charge in [-0.2, -0.15) is 0 Å². The van der Waals surface area contributed by atoms with Crippen molar-refractivity contribution in [3.63, 3.8) is 0 Å². The molecule has 100 valence electrons. The van der Waals surface area contributed by atoms with Gasteiger partial charge in [-0.05, 0) is 42.6 Å². The molecule has 0 bridgehead atoms. The summed E-state index contributed by atoms with van der Waals surface area (Å²) in [6, 6.07) is 8.70. The first-order valence-corrected chi connectivity index (χ1v) is 6.66. The Bertz CT molecular complexity index is 579. The fraction of sp³-hybridized carbons (Fsp3) is 0.400. The van der Waals surface area contributed by atoms with Gasteiger partial charge in [0.25, 0.3) is 0 Å². The largest absolute Gasteiger partial charge is 0.497 e. The van der Waals surface area contributed by atoms with Crippen molar-refractivity contribution in [2.45, 2.75) is 12.5 Å². The van der Waals surface area contributed by atoms with E-state index in [2.05, 4.69) is 34.4 Å². The lowest BCUT2D eigenvalue weighted by Crippen LogP contribution is -2.34. The number of likely N-dealkylation sites (N-methyl/N-ethyl adjacent to an activating group) is 1. The Labute approximate surface area is 113 Å². The zero-order valence-electron chi connectivity index (χ0n) is 11.4. The highest BCUT2D eigenvalue weighted by molar-refractivity contribution is 5.93. The number of benzene rings is 1. The maximum absolute atomic E-state index is 5.28. The Balaban J connectivity index is 2.03. The van der Waals surface area contributed by atoms with Crippen LogP contribution in [0.3, 0.4) is 0 Å². The molecule has 19 heavy (non-hydrogen) atoms. The summed E-state index contributed by atoms with van der Waals surface area (Å²) < 4.78 is 5.28. The molecule has 1 aliphatic heterocycles. The molecule has 4 nitrogen and oxygen atoms in total. The van der Waals surface area contributed by atoms with Crippen molar-refractivity contribution in [2.75, 3.05) is 32.1 Å². The standard InChI is InChI=1S/C15H19N3O/c1-18(12-6-7-16-10-12)15-14-4-3-13(19-2)9-11(14)5-8-17-15/h3-5,8-9,12,16H,6-7,10H2,1-2H3. The lowest BCUT2D eigenvalue weighted by molar-refractivity contribution is 0.415. The van der Waals surface area contributed by atoms with Gasteiger partial charge in [-0.15, -0.1) is 0 Å². The number of rotatable bonds is 3. The first kappa shape index (κ1) is 12.2. The highest BCUT2D eigenvalue weighted by atomic mass is 16.5. The van der Waals surface area contributed by atoms with E-state index in [1.165, 1.54) is 17.2 Å². The zero-order chi connectivity index (χ0) is 13.2. The van der Waals surface area contributed by atoms with Crippen molar-refractivity contribution >= 4 is 16.6 Å². The minimum Gasteiger partial charge on any atom is -0.497 e. The molecule has 1 N–H and O–H groups in total. The maximum Gasteiger partial charge on any atom is 0.136 e. The highest BCUT2D eigenvalue weighted by Gasteiger charge is 2.21. The Hall–Kier alpha value is -1.81. The van der Waals surface area contributed by atoms with Crippen molar-refractivity contribution < 1.29 is 4.74 Å². The maximum atomic E-state index is 5.28. The van der Waals surface area contributed by atoms with Crippen LogP contribution in [0.15, 0.2) is 30.5 Å². The molecule has 0 spiro atoms. The number of hydrogen-bond donors (Lipinski definition) is 1. The minimum absolute atomic E-state index is 0.528. The van der Waals surface area contributed by atoms with Gasteiger partial charge < -0.3 is 15.0 Å². The number of anilines is 1. The summed E-state index contributed by atoms with van der Waals surface area (Å²) >= 11 is 0. The third-order valence-electron chi connectivity index (χ3n) is 3.87. The summed E-state index contributed by atoms with van der Waals surface area (Å²) in [7, 11) is 3.82. The van der Waals surface area contributed by atoms with E-state index in [-0.39, 0.29) is 0 Å². The molecule has 0 aliphatic carbocycles. The second-order valence-electron chi connectivity index (χ2n) is 4.98. The number of aromatic nitrogens is 1. The van der Waals surface area contributed by atoms with Gasteiger partial charge in [-0.25, -0.2) is 4.98 Å². The first-order valence-electron chi connectivity index (χ1n) is 6.66. The van der Waals surface area contributed by atoms with Crippen LogP contribution < -0.4 is 15.0 Å². The second-order valence-corrected chi connectivity index (χ2v) is 4.98. The minimum atomic E-state index is 0.528. The van der Waals surface area contributed by atoms with E-state index in [0.717, 1.165) is 24.7 Å². The molecule has 0 radical (unpaired) electrons. The van der Waals surface area contributed by atoms with Crippen molar-refractivity contribution in [3.8, 4) is 5.75 Å². The van der Waals surface area contributed by atoms with Crippen molar-refractivity contribution in [2.24, 2.45) is 0 Å². The van der Waals surface area contributed by atoms with Gasteiger partial charge in [0.05, 0.1) is 7.11 Å². The van der Waals surface area contributed by atoms with Gasteiger partial charge >= 0.3 is 0 Å². The van der Waals surface area contributed by atoms with E-state index in [4.69, 9.17) is 4.74 Å². The third kappa shape index (κ3) is 2.24. The molecule has 1 atom stereocenters. The number of hydrogen-bond acceptors (Lipinski definition) is 4. The second kappa shape index (κ2) is 5.05. The third-order valence-corrected chi connectivity index (χ3v) is 3.87.